The Hall–Kier alpha value is -4.43. The Morgan fingerprint density at radius 2 is 1.41 bits per heavy atom. The predicted molar refractivity (Wildman–Crippen MR) is 232 cm³/mol. The molecule has 334 valence electrons. The quantitative estimate of drug-likeness (QED) is 0.0435. The summed E-state index contributed by atoms with van der Waals surface area (Å²) in [6.45, 7) is 8.28. The zero-order valence-corrected chi connectivity index (χ0v) is 35.9. The van der Waals surface area contributed by atoms with Crippen molar-refractivity contribution in [2.24, 2.45) is 40.2 Å². The van der Waals surface area contributed by atoms with E-state index in [0.717, 1.165) is 43.2 Å². The first kappa shape index (κ1) is 47.6. The van der Waals surface area contributed by atoms with Crippen molar-refractivity contribution in [3.63, 3.8) is 0 Å². The second-order valence-corrected chi connectivity index (χ2v) is 17.3. The molecule has 1 aliphatic heterocycles. The average Bonchev–Trinajstić information content (AvgIpc) is 3.69. The van der Waals surface area contributed by atoms with E-state index < -0.39 is 73.1 Å². The molecule has 3 saturated carbocycles. The van der Waals surface area contributed by atoms with Gasteiger partial charge in [-0.3, -0.25) is 24.0 Å². The van der Waals surface area contributed by atoms with Gasteiger partial charge in [0.2, 0.25) is 17.7 Å². The summed E-state index contributed by atoms with van der Waals surface area (Å²) in [6, 6.07) is 10.4. The van der Waals surface area contributed by atoms with Crippen molar-refractivity contribution in [1.82, 2.24) is 26.6 Å². The van der Waals surface area contributed by atoms with Crippen LogP contribution in [0.15, 0.2) is 48.5 Å². The highest BCUT2D eigenvalue weighted by Gasteiger charge is 2.62. The number of aliphatic hydroxyl groups excluding tert-OH is 1. The second kappa shape index (κ2) is 21.6. The van der Waals surface area contributed by atoms with E-state index >= 15 is 0 Å². The Kier molecular flexibility index (Phi) is 16.8. The monoisotopic (exact) mass is 848 g/mol. The van der Waals surface area contributed by atoms with Gasteiger partial charge < -0.3 is 63.9 Å². The van der Waals surface area contributed by atoms with Crippen molar-refractivity contribution in [2.75, 3.05) is 13.1 Å². The van der Waals surface area contributed by atoms with E-state index in [4.69, 9.17) is 32.2 Å². The van der Waals surface area contributed by atoms with E-state index in [2.05, 4.69) is 71.6 Å². The van der Waals surface area contributed by atoms with Gasteiger partial charge in [0, 0.05) is 5.56 Å². The molecule has 4 aliphatic rings. The van der Waals surface area contributed by atoms with Crippen molar-refractivity contribution in [3.8, 4) is 11.1 Å². The first-order valence-electron chi connectivity index (χ1n) is 21.7. The number of aryl methyl sites for hydroxylation is 1. The summed E-state index contributed by atoms with van der Waals surface area (Å²) in [6.07, 6.45) is 3.11. The molecule has 2 aromatic rings. The molecule has 1 saturated heterocycles. The zero-order chi connectivity index (χ0) is 44.4. The largest absolute Gasteiger partial charge is 0.496 e. The molecule has 5 amide bonds. The van der Waals surface area contributed by atoms with Crippen LogP contribution >= 0.6 is 0 Å². The smallest absolute Gasteiger partial charge is 0.403 e. The lowest BCUT2D eigenvalue weighted by atomic mass is 9.47. The number of carbonyl (C=O) groups is 5. The summed E-state index contributed by atoms with van der Waals surface area (Å²) in [7, 11) is -0.874. The van der Waals surface area contributed by atoms with Crippen molar-refractivity contribution in [1.29, 1.82) is 0 Å². The van der Waals surface area contributed by atoms with Crippen LogP contribution < -0.4 is 49.5 Å². The molecule has 4 fully saturated rings. The highest BCUT2D eigenvalue weighted by Crippen LogP contribution is 2.61. The fourth-order valence-corrected chi connectivity index (χ4v) is 8.59. The van der Waals surface area contributed by atoms with Crippen molar-refractivity contribution < 1.29 is 38.4 Å². The van der Waals surface area contributed by atoms with E-state index in [1.807, 2.05) is 12.1 Å². The number of hydrogen-bond acceptors (Lipinski definition) is 12. The molecule has 0 aromatic heterocycles. The third kappa shape index (κ3) is 11.9. The van der Waals surface area contributed by atoms with Gasteiger partial charge >= 0.3 is 7.12 Å². The highest BCUT2D eigenvalue weighted by atomic mass is 16.7. The SMILES string of the molecule is CCCCc1ccc(-c2ccc(C(=O)N[C@@H](CCCCN)C(=O)N[C@H](C(=O)N[C@@H](N)C(=O)N[C@@H](CCN)C(=O)N[C@@H](N)B3OC4C[C@@H]5C[C@H](C4O3)C5(C)C)[C@@H](C)O)cc2)cc1. The fraction of sp³-hybridized carbons (Fsp3) is 0.605. The summed E-state index contributed by atoms with van der Waals surface area (Å²) < 4.78 is 12.3. The van der Waals surface area contributed by atoms with Gasteiger partial charge in [0.1, 0.15) is 24.2 Å². The zero-order valence-electron chi connectivity index (χ0n) is 35.9. The second-order valence-electron chi connectivity index (χ2n) is 17.3. The van der Waals surface area contributed by atoms with Gasteiger partial charge in [0.15, 0.2) is 6.17 Å². The molecule has 61 heavy (non-hydrogen) atoms. The van der Waals surface area contributed by atoms with Crippen LogP contribution in [-0.4, -0.2) is 104 Å². The van der Waals surface area contributed by atoms with Crippen LogP contribution in [-0.2, 0) is 34.9 Å². The number of rotatable bonds is 22. The summed E-state index contributed by atoms with van der Waals surface area (Å²) in [5.41, 5.74) is 27.5. The Morgan fingerprint density at radius 1 is 0.770 bits per heavy atom. The molecule has 17 nitrogen and oxygen atoms in total. The number of unbranched alkanes of at least 4 members (excludes halogenated alkanes) is 2. The number of benzene rings is 2. The third-order valence-electron chi connectivity index (χ3n) is 12.6. The number of aliphatic hydroxyl groups is 1. The molecule has 0 spiro atoms. The Bertz CT molecular complexity index is 1820. The minimum absolute atomic E-state index is 0.0152. The van der Waals surface area contributed by atoms with E-state index in [0.29, 0.717) is 36.8 Å². The van der Waals surface area contributed by atoms with E-state index in [1.165, 1.54) is 12.5 Å². The minimum atomic E-state index is -1.70. The number of hydrogen-bond donors (Lipinski definition) is 10. The first-order chi connectivity index (χ1) is 29.1. The molecule has 1 heterocycles. The lowest BCUT2D eigenvalue weighted by Gasteiger charge is -2.60. The fourth-order valence-electron chi connectivity index (χ4n) is 8.59. The maximum Gasteiger partial charge on any atom is 0.496 e. The van der Waals surface area contributed by atoms with Crippen molar-refractivity contribution in [3.05, 3.63) is 59.7 Å². The molecule has 2 unspecified atom stereocenters. The number of amides is 5. The first-order valence-corrected chi connectivity index (χ1v) is 21.7. The molecule has 0 radical (unpaired) electrons. The standard InChI is InChI=1S/C43H66BN9O8/c1-5-6-9-25-11-13-26(14-12-25)27-15-17-28(18-16-27)37(55)49-31(10-7-8-20-45)38(56)51-34(24(2)54)40(58)52-36(47)41(59)50-32(19-21-46)39(57)53-42(48)44-60-33-23-29-22-30(35(33)61-44)43(29,3)4/h11-18,24,29-36,42,54H,5-10,19-23,45-48H2,1-4H3,(H,49,55)(H,50,59)(H,51,56)(H,52,58)(H,53,57)/t24-,29+,30-,31+,32+,33?,34+,35?,36-,42-/m1/s1. The summed E-state index contributed by atoms with van der Waals surface area (Å²) in [5, 5.41) is 23.2. The normalized spacial score (nSPS) is 22.9. The van der Waals surface area contributed by atoms with E-state index in [1.54, 1.807) is 12.1 Å². The molecule has 18 heteroatoms. The van der Waals surface area contributed by atoms with Crippen LogP contribution in [0.3, 0.4) is 0 Å². The lowest BCUT2D eigenvalue weighted by molar-refractivity contribution is -0.150. The van der Waals surface area contributed by atoms with E-state index in [9.17, 15) is 29.1 Å². The van der Waals surface area contributed by atoms with Gasteiger partial charge in [-0.1, -0.05) is 63.6 Å². The third-order valence-corrected chi connectivity index (χ3v) is 12.6. The maximum atomic E-state index is 13.6. The summed E-state index contributed by atoms with van der Waals surface area (Å²) in [4.78, 5) is 66.9. The topological polar surface area (TPSA) is 288 Å². The molecule has 10 atom stereocenters. The summed E-state index contributed by atoms with van der Waals surface area (Å²) in [5.74, 6) is -2.93. The van der Waals surface area contributed by atoms with Gasteiger partial charge in [-0.2, -0.15) is 0 Å². The Morgan fingerprint density at radius 3 is 2.02 bits per heavy atom. The highest BCUT2D eigenvalue weighted by molar-refractivity contribution is 6.47. The van der Waals surface area contributed by atoms with Crippen LogP contribution in [0.4, 0.5) is 0 Å². The van der Waals surface area contributed by atoms with Crippen LogP contribution in [0.2, 0.25) is 0 Å². The van der Waals surface area contributed by atoms with Gasteiger partial charge in [0.25, 0.3) is 11.8 Å². The lowest BCUT2D eigenvalue weighted by Crippen LogP contribution is -2.63. The van der Waals surface area contributed by atoms with E-state index in [-0.39, 0.29) is 37.0 Å². The van der Waals surface area contributed by atoms with Crippen LogP contribution in [0.1, 0.15) is 95.0 Å². The van der Waals surface area contributed by atoms with Crippen molar-refractivity contribution in [2.45, 2.75) is 134 Å². The summed E-state index contributed by atoms with van der Waals surface area (Å²) >= 11 is 0. The minimum Gasteiger partial charge on any atom is -0.403 e. The molecule has 6 rings (SSSR count). The number of nitrogens with two attached hydrogens (primary N) is 4. The van der Waals surface area contributed by atoms with Crippen molar-refractivity contribution >= 4 is 36.7 Å². The van der Waals surface area contributed by atoms with Crippen LogP contribution in [0.25, 0.3) is 11.1 Å². The van der Waals surface area contributed by atoms with Gasteiger partial charge in [0.05, 0.1) is 18.3 Å². The molecule has 3 aliphatic carbocycles. The van der Waals surface area contributed by atoms with Gasteiger partial charge in [-0.25, -0.2) is 0 Å². The Balaban J connectivity index is 1.14. The predicted octanol–water partition coefficient (Wildman–Crippen LogP) is 0.302. The molecule has 2 aromatic carbocycles. The average molecular weight is 848 g/mol. The molecular formula is C43H66BN9O8. The number of nitrogens with one attached hydrogen (secondary N) is 5. The molecular weight excluding hydrogens is 781 g/mol. The molecule has 2 bridgehead atoms. The van der Waals surface area contributed by atoms with Crippen LogP contribution in [0, 0.1) is 17.3 Å². The Labute approximate surface area is 359 Å². The van der Waals surface area contributed by atoms with Gasteiger partial charge in [-0.15, -0.1) is 0 Å². The van der Waals surface area contributed by atoms with Gasteiger partial charge in [-0.05, 0) is 117 Å². The van der Waals surface area contributed by atoms with Crippen LogP contribution in [0.5, 0.6) is 0 Å². The number of carbonyl (C=O) groups excluding carboxylic acids is 5. The maximum absolute atomic E-state index is 13.6. The molecule has 14 N–H and O–H groups in total.